The third kappa shape index (κ3) is 2.78. The molecule has 0 radical (unpaired) electrons. The molecule has 1 N–H and O–H groups in total. The maximum absolute atomic E-state index is 12.4. The molecule has 2 aliphatic heterocycles. The largest absolute Gasteiger partial charge is 0.481 e. The normalized spacial score (nSPS) is 21.8. The van der Waals surface area contributed by atoms with E-state index in [1.165, 1.54) is 4.90 Å². The summed E-state index contributed by atoms with van der Waals surface area (Å²) in [5.74, 6) is 0.596. The number of carbonyl (C=O) groups is 2. The van der Waals surface area contributed by atoms with Crippen molar-refractivity contribution in [2.24, 2.45) is 7.05 Å². The molecule has 8 heteroatoms. The zero-order chi connectivity index (χ0) is 16.6. The number of imide groups is 1. The van der Waals surface area contributed by atoms with Gasteiger partial charge < -0.3 is 10.1 Å². The van der Waals surface area contributed by atoms with E-state index >= 15 is 0 Å². The molecule has 3 rings (SSSR count). The minimum atomic E-state index is -0.291. The number of aromatic nitrogens is 2. The van der Waals surface area contributed by atoms with Crippen molar-refractivity contribution in [3.8, 4) is 5.88 Å². The fourth-order valence-electron chi connectivity index (χ4n) is 3.59. The number of nitrogens with one attached hydrogen (secondary N) is 1. The first-order chi connectivity index (χ1) is 11.0. The van der Waals surface area contributed by atoms with Crippen LogP contribution in [0.25, 0.3) is 0 Å². The minimum absolute atomic E-state index is 0.105. The molecule has 0 aromatic carbocycles. The molecule has 2 saturated heterocycles. The maximum atomic E-state index is 12.4. The molecule has 1 aromatic rings. The number of likely N-dealkylation sites (tertiary alicyclic amines) is 1. The molecule has 1 aromatic heterocycles. The van der Waals surface area contributed by atoms with Crippen molar-refractivity contribution in [2.75, 3.05) is 33.3 Å². The van der Waals surface area contributed by atoms with Gasteiger partial charge in [0.2, 0.25) is 11.8 Å². The molecule has 3 amide bonds. The number of rotatable bonds is 4. The lowest BCUT2D eigenvalue weighted by Crippen LogP contribution is -2.41. The average molecular weight is 321 g/mol. The molecule has 2 fully saturated rings. The number of carbonyl (C=O) groups excluding carboxylic acids is 2. The molecule has 23 heavy (non-hydrogen) atoms. The van der Waals surface area contributed by atoms with Crippen LogP contribution in [-0.2, 0) is 11.8 Å². The SMILES string of the molecule is COc1c([C@@H]2CCCN2CC(=O)N2CCNC2=O)c(C)nn1C. The van der Waals surface area contributed by atoms with Gasteiger partial charge in [0.25, 0.3) is 0 Å². The van der Waals surface area contributed by atoms with Crippen LogP contribution in [0.3, 0.4) is 0 Å². The highest BCUT2D eigenvalue weighted by molar-refractivity contribution is 5.96. The van der Waals surface area contributed by atoms with Crippen molar-refractivity contribution >= 4 is 11.9 Å². The number of urea groups is 1. The first kappa shape index (κ1) is 15.8. The fourth-order valence-corrected chi connectivity index (χ4v) is 3.59. The number of methoxy groups -OCH3 is 1. The molecule has 0 unspecified atom stereocenters. The molecule has 8 nitrogen and oxygen atoms in total. The Hall–Kier alpha value is -2.09. The van der Waals surface area contributed by atoms with Crippen LogP contribution in [0.15, 0.2) is 0 Å². The Morgan fingerprint density at radius 2 is 2.22 bits per heavy atom. The quantitative estimate of drug-likeness (QED) is 0.870. The standard InChI is InChI=1S/C15H23N5O3/c1-10-13(14(23-3)18(2)17-10)11-5-4-7-19(11)9-12(21)20-8-6-16-15(20)22/h11H,4-9H2,1-3H3,(H,16,22)/t11-/m0/s1. The molecular weight excluding hydrogens is 298 g/mol. The third-order valence-electron chi connectivity index (χ3n) is 4.60. The topological polar surface area (TPSA) is 79.7 Å². The number of hydrogen-bond acceptors (Lipinski definition) is 5. The summed E-state index contributed by atoms with van der Waals surface area (Å²) in [6.45, 7) is 4.03. The van der Waals surface area contributed by atoms with Crippen molar-refractivity contribution < 1.29 is 14.3 Å². The molecular formula is C15H23N5O3. The lowest BCUT2D eigenvalue weighted by Gasteiger charge is -2.25. The lowest BCUT2D eigenvalue weighted by molar-refractivity contribution is -0.129. The first-order valence-electron chi connectivity index (χ1n) is 7.92. The van der Waals surface area contributed by atoms with E-state index in [-0.39, 0.29) is 24.5 Å². The molecule has 1 atom stereocenters. The molecule has 0 spiro atoms. The van der Waals surface area contributed by atoms with Gasteiger partial charge in [0.15, 0.2) is 0 Å². The number of hydrogen-bond donors (Lipinski definition) is 1. The Bertz CT molecular complexity index is 627. The predicted molar refractivity (Wildman–Crippen MR) is 83.2 cm³/mol. The van der Waals surface area contributed by atoms with E-state index in [0.29, 0.717) is 13.1 Å². The second-order valence-electron chi connectivity index (χ2n) is 6.04. The highest BCUT2D eigenvalue weighted by Crippen LogP contribution is 2.38. The van der Waals surface area contributed by atoms with E-state index in [9.17, 15) is 9.59 Å². The van der Waals surface area contributed by atoms with Crippen LogP contribution in [0.4, 0.5) is 4.79 Å². The summed E-state index contributed by atoms with van der Waals surface area (Å²) in [5, 5.41) is 7.10. The molecule has 2 aliphatic rings. The Balaban J connectivity index is 1.78. The van der Waals surface area contributed by atoms with Crippen molar-refractivity contribution in [3.05, 3.63) is 11.3 Å². The zero-order valence-corrected chi connectivity index (χ0v) is 13.8. The van der Waals surface area contributed by atoms with E-state index in [1.54, 1.807) is 11.8 Å². The summed E-state index contributed by atoms with van der Waals surface area (Å²) in [7, 11) is 3.49. The average Bonchev–Trinajstić information content (AvgIpc) is 3.18. The van der Waals surface area contributed by atoms with Crippen LogP contribution in [0.1, 0.15) is 30.1 Å². The third-order valence-corrected chi connectivity index (χ3v) is 4.60. The van der Waals surface area contributed by atoms with Gasteiger partial charge in [-0.05, 0) is 26.3 Å². The van der Waals surface area contributed by atoms with Gasteiger partial charge in [0.05, 0.1) is 24.9 Å². The van der Waals surface area contributed by atoms with Crippen LogP contribution >= 0.6 is 0 Å². The van der Waals surface area contributed by atoms with Crippen molar-refractivity contribution in [1.82, 2.24) is 24.9 Å². The van der Waals surface area contributed by atoms with Crippen molar-refractivity contribution in [2.45, 2.75) is 25.8 Å². The molecule has 0 saturated carbocycles. The van der Waals surface area contributed by atoms with Crippen LogP contribution in [-0.4, -0.2) is 64.8 Å². The summed E-state index contributed by atoms with van der Waals surface area (Å²) in [6, 6.07) is -0.186. The van der Waals surface area contributed by atoms with Gasteiger partial charge in [-0.3, -0.25) is 14.6 Å². The fraction of sp³-hybridized carbons (Fsp3) is 0.667. The molecule has 0 aliphatic carbocycles. The zero-order valence-electron chi connectivity index (χ0n) is 13.8. The van der Waals surface area contributed by atoms with Gasteiger partial charge in [-0.25, -0.2) is 9.48 Å². The molecule has 0 bridgehead atoms. The van der Waals surface area contributed by atoms with E-state index in [4.69, 9.17) is 4.74 Å². The van der Waals surface area contributed by atoms with E-state index < -0.39 is 0 Å². The van der Waals surface area contributed by atoms with Crippen molar-refractivity contribution in [3.63, 3.8) is 0 Å². The van der Waals surface area contributed by atoms with Crippen LogP contribution in [0.2, 0.25) is 0 Å². The molecule has 3 heterocycles. The summed E-state index contributed by atoms with van der Waals surface area (Å²) in [4.78, 5) is 27.5. The molecule has 126 valence electrons. The van der Waals surface area contributed by atoms with Crippen LogP contribution in [0.5, 0.6) is 5.88 Å². The second-order valence-corrected chi connectivity index (χ2v) is 6.04. The Morgan fingerprint density at radius 3 is 2.87 bits per heavy atom. The maximum Gasteiger partial charge on any atom is 0.324 e. The van der Waals surface area contributed by atoms with Gasteiger partial charge in [0.1, 0.15) is 0 Å². The predicted octanol–water partition coefficient (Wildman–Crippen LogP) is 0.426. The summed E-state index contributed by atoms with van der Waals surface area (Å²) < 4.78 is 7.23. The van der Waals surface area contributed by atoms with Gasteiger partial charge in [-0.1, -0.05) is 0 Å². The Labute approximate surface area is 135 Å². The van der Waals surface area contributed by atoms with E-state index in [0.717, 1.165) is 36.5 Å². The number of nitrogens with zero attached hydrogens (tertiary/aromatic N) is 4. The highest BCUT2D eigenvalue weighted by Gasteiger charge is 2.35. The smallest absolute Gasteiger partial charge is 0.324 e. The summed E-state index contributed by atoms with van der Waals surface area (Å²) in [6.07, 6.45) is 1.98. The Kier molecular flexibility index (Phi) is 4.25. The minimum Gasteiger partial charge on any atom is -0.481 e. The summed E-state index contributed by atoms with van der Waals surface area (Å²) in [5.41, 5.74) is 1.97. The van der Waals surface area contributed by atoms with E-state index in [1.807, 2.05) is 14.0 Å². The Morgan fingerprint density at radius 1 is 1.43 bits per heavy atom. The lowest BCUT2D eigenvalue weighted by atomic mass is 10.1. The van der Waals surface area contributed by atoms with Gasteiger partial charge in [-0.15, -0.1) is 0 Å². The van der Waals surface area contributed by atoms with Crippen molar-refractivity contribution in [1.29, 1.82) is 0 Å². The van der Waals surface area contributed by atoms with Crippen LogP contribution < -0.4 is 10.1 Å². The van der Waals surface area contributed by atoms with Gasteiger partial charge in [0, 0.05) is 26.2 Å². The number of ether oxygens (including phenoxy) is 1. The second kappa shape index (κ2) is 6.19. The van der Waals surface area contributed by atoms with Gasteiger partial charge in [-0.2, -0.15) is 5.10 Å². The van der Waals surface area contributed by atoms with Crippen LogP contribution in [0, 0.1) is 6.92 Å². The number of aryl methyl sites for hydroxylation is 2. The monoisotopic (exact) mass is 321 g/mol. The highest BCUT2D eigenvalue weighted by atomic mass is 16.5. The first-order valence-corrected chi connectivity index (χ1v) is 7.92. The van der Waals surface area contributed by atoms with Gasteiger partial charge >= 0.3 is 6.03 Å². The number of amides is 3. The summed E-state index contributed by atoms with van der Waals surface area (Å²) >= 11 is 0. The van der Waals surface area contributed by atoms with E-state index in [2.05, 4.69) is 15.3 Å².